The summed E-state index contributed by atoms with van der Waals surface area (Å²) in [6, 6.07) is 13.3. The highest BCUT2D eigenvalue weighted by Gasteiger charge is 2.04. The van der Waals surface area contributed by atoms with Gasteiger partial charge >= 0.3 is 0 Å². The van der Waals surface area contributed by atoms with Crippen LogP contribution in [0.15, 0.2) is 53.1 Å². The van der Waals surface area contributed by atoms with Crippen LogP contribution in [-0.2, 0) is 6.54 Å². The van der Waals surface area contributed by atoms with E-state index in [-0.39, 0.29) is 0 Å². The van der Waals surface area contributed by atoms with E-state index < -0.39 is 0 Å². The minimum atomic E-state index is 0.539. The van der Waals surface area contributed by atoms with Crippen LogP contribution < -0.4 is 15.4 Å². The van der Waals surface area contributed by atoms with Crippen molar-refractivity contribution in [1.82, 2.24) is 9.97 Å². The molecule has 0 radical (unpaired) electrons. The number of anilines is 3. The van der Waals surface area contributed by atoms with Gasteiger partial charge in [-0.2, -0.15) is 4.98 Å². The van der Waals surface area contributed by atoms with Gasteiger partial charge in [0.1, 0.15) is 17.3 Å². The molecule has 0 amide bonds. The van der Waals surface area contributed by atoms with Crippen LogP contribution in [-0.4, -0.2) is 17.1 Å². The lowest BCUT2D eigenvalue weighted by atomic mass is 10.3. The van der Waals surface area contributed by atoms with Gasteiger partial charge in [-0.25, -0.2) is 4.98 Å². The lowest BCUT2D eigenvalue weighted by Gasteiger charge is -2.09. The molecule has 6 nitrogen and oxygen atoms in total. The van der Waals surface area contributed by atoms with E-state index in [4.69, 9.17) is 9.15 Å². The molecule has 1 aromatic carbocycles. The SMILES string of the molecule is COc1ccc(Nc2nc(C)cc(NCc3ccco3)n2)cc1. The van der Waals surface area contributed by atoms with Crippen LogP contribution in [0.4, 0.5) is 17.5 Å². The summed E-state index contributed by atoms with van der Waals surface area (Å²) in [4.78, 5) is 8.86. The van der Waals surface area contributed by atoms with Gasteiger partial charge in [0.15, 0.2) is 0 Å². The minimum Gasteiger partial charge on any atom is -0.497 e. The van der Waals surface area contributed by atoms with Crippen molar-refractivity contribution in [1.29, 1.82) is 0 Å². The van der Waals surface area contributed by atoms with E-state index in [2.05, 4.69) is 20.6 Å². The first-order valence-corrected chi connectivity index (χ1v) is 7.26. The number of hydrogen-bond donors (Lipinski definition) is 2. The number of nitrogens with one attached hydrogen (secondary N) is 2. The van der Waals surface area contributed by atoms with Crippen molar-refractivity contribution in [3.63, 3.8) is 0 Å². The number of aryl methyl sites for hydroxylation is 1. The summed E-state index contributed by atoms with van der Waals surface area (Å²) in [7, 11) is 1.64. The van der Waals surface area contributed by atoms with Crippen molar-refractivity contribution in [2.75, 3.05) is 17.7 Å². The van der Waals surface area contributed by atoms with E-state index in [9.17, 15) is 0 Å². The maximum atomic E-state index is 5.30. The Balaban J connectivity index is 1.71. The van der Waals surface area contributed by atoms with Crippen LogP contribution in [0.2, 0.25) is 0 Å². The Labute approximate surface area is 134 Å². The second-order valence-corrected chi connectivity index (χ2v) is 5.00. The number of ether oxygens (including phenoxy) is 1. The standard InChI is InChI=1S/C17H18N4O2/c1-12-10-16(18-11-15-4-3-9-23-15)21-17(19-12)20-13-5-7-14(22-2)8-6-13/h3-10H,11H2,1-2H3,(H2,18,19,20,21). The van der Waals surface area contributed by atoms with Gasteiger partial charge in [-0.15, -0.1) is 0 Å². The smallest absolute Gasteiger partial charge is 0.229 e. The van der Waals surface area contributed by atoms with Gasteiger partial charge in [0.25, 0.3) is 0 Å². The van der Waals surface area contributed by atoms with Crippen LogP contribution in [0.25, 0.3) is 0 Å². The molecule has 0 fully saturated rings. The number of nitrogens with zero attached hydrogens (tertiary/aromatic N) is 2. The average Bonchev–Trinajstić information content (AvgIpc) is 3.07. The number of aromatic nitrogens is 2. The zero-order chi connectivity index (χ0) is 16.1. The number of benzene rings is 1. The molecule has 0 bridgehead atoms. The van der Waals surface area contributed by atoms with E-state index in [1.54, 1.807) is 13.4 Å². The first kappa shape index (κ1) is 14.9. The topological polar surface area (TPSA) is 72.2 Å². The zero-order valence-corrected chi connectivity index (χ0v) is 13.0. The molecule has 6 heteroatoms. The molecule has 0 saturated heterocycles. The average molecular weight is 310 g/mol. The second kappa shape index (κ2) is 6.83. The molecule has 2 aromatic heterocycles. The summed E-state index contributed by atoms with van der Waals surface area (Å²) < 4.78 is 10.4. The minimum absolute atomic E-state index is 0.539. The molecule has 0 aliphatic carbocycles. The van der Waals surface area contributed by atoms with E-state index in [0.717, 1.165) is 28.7 Å². The molecular weight excluding hydrogens is 292 g/mol. The Morgan fingerprint density at radius 3 is 2.65 bits per heavy atom. The Bertz CT molecular complexity index is 755. The van der Waals surface area contributed by atoms with E-state index in [1.165, 1.54) is 0 Å². The molecule has 0 atom stereocenters. The van der Waals surface area contributed by atoms with Crippen molar-refractivity contribution in [3.8, 4) is 5.75 Å². The highest BCUT2D eigenvalue weighted by atomic mass is 16.5. The number of furan rings is 1. The first-order valence-electron chi connectivity index (χ1n) is 7.26. The molecule has 3 rings (SSSR count). The quantitative estimate of drug-likeness (QED) is 0.722. The van der Waals surface area contributed by atoms with Gasteiger partial charge < -0.3 is 19.8 Å². The second-order valence-electron chi connectivity index (χ2n) is 5.00. The number of methoxy groups -OCH3 is 1. The summed E-state index contributed by atoms with van der Waals surface area (Å²) in [5.41, 5.74) is 1.77. The molecular formula is C17H18N4O2. The predicted octanol–water partition coefficient (Wildman–Crippen LogP) is 3.74. The molecule has 0 spiro atoms. The molecule has 0 aliphatic rings. The number of rotatable bonds is 6. The fourth-order valence-electron chi connectivity index (χ4n) is 2.11. The number of hydrogen-bond acceptors (Lipinski definition) is 6. The van der Waals surface area contributed by atoms with Gasteiger partial charge in [0, 0.05) is 17.4 Å². The van der Waals surface area contributed by atoms with Crippen molar-refractivity contribution in [2.24, 2.45) is 0 Å². The van der Waals surface area contributed by atoms with Crippen LogP contribution in [0.1, 0.15) is 11.5 Å². The Morgan fingerprint density at radius 1 is 1.13 bits per heavy atom. The van der Waals surface area contributed by atoms with Crippen molar-refractivity contribution < 1.29 is 9.15 Å². The van der Waals surface area contributed by atoms with Gasteiger partial charge in [0.2, 0.25) is 5.95 Å². The Kier molecular flexibility index (Phi) is 4.42. The van der Waals surface area contributed by atoms with Crippen molar-refractivity contribution in [2.45, 2.75) is 13.5 Å². The van der Waals surface area contributed by atoms with Crippen LogP contribution >= 0.6 is 0 Å². The molecule has 23 heavy (non-hydrogen) atoms. The first-order chi connectivity index (χ1) is 11.2. The third-order valence-corrected chi connectivity index (χ3v) is 3.22. The maximum Gasteiger partial charge on any atom is 0.229 e. The van der Waals surface area contributed by atoms with E-state index in [0.29, 0.717) is 12.5 Å². The van der Waals surface area contributed by atoms with Crippen LogP contribution in [0.3, 0.4) is 0 Å². The lowest BCUT2D eigenvalue weighted by Crippen LogP contribution is -2.05. The van der Waals surface area contributed by atoms with E-state index in [1.807, 2.05) is 49.4 Å². The maximum absolute atomic E-state index is 5.30. The molecule has 3 aromatic rings. The Morgan fingerprint density at radius 2 is 1.96 bits per heavy atom. The van der Waals surface area contributed by atoms with Gasteiger partial charge in [0.05, 0.1) is 19.9 Å². The zero-order valence-electron chi connectivity index (χ0n) is 13.0. The predicted molar refractivity (Wildman–Crippen MR) is 89.1 cm³/mol. The van der Waals surface area contributed by atoms with Gasteiger partial charge in [-0.1, -0.05) is 0 Å². The normalized spacial score (nSPS) is 10.3. The molecule has 2 N–H and O–H groups in total. The van der Waals surface area contributed by atoms with Crippen LogP contribution in [0, 0.1) is 6.92 Å². The molecule has 0 aliphatic heterocycles. The Hall–Kier alpha value is -3.02. The third kappa shape index (κ3) is 4.00. The van der Waals surface area contributed by atoms with Crippen molar-refractivity contribution >= 4 is 17.5 Å². The summed E-state index contributed by atoms with van der Waals surface area (Å²) in [6.07, 6.45) is 1.65. The molecule has 2 heterocycles. The molecule has 0 saturated carbocycles. The summed E-state index contributed by atoms with van der Waals surface area (Å²) in [6.45, 7) is 2.50. The largest absolute Gasteiger partial charge is 0.497 e. The summed E-state index contributed by atoms with van der Waals surface area (Å²) in [5.74, 6) is 2.94. The van der Waals surface area contributed by atoms with Gasteiger partial charge in [-0.05, 0) is 43.3 Å². The van der Waals surface area contributed by atoms with Crippen molar-refractivity contribution in [3.05, 3.63) is 60.2 Å². The fraction of sp³-hybridized carbons (Fsp3) is 0.176. The summed E-state index contributed by atoms with van der Waals surface area (Å²) >= 11 is 0. The summed E-state index contributed by atoms with van der Waals surface area (Å²) in [5, 5.41) is 6.42. The monoisotopic (exact) mass is 310 g/mol. The highest BCUT2D eigenvalue weighted by molar-refractivity contribution is 5.56. The fourth-order valence-corrected chi connectivity index (χ4v) is 2.11. The lowest BCUT2D eigenvalue weighted by molar-refractivity contribution is 0.415. The molecule has 118 valence electrons. The van der Waals surface area contributed by atoms with Gasteiger partial charge in [-0.3, -0.25) is 0 Å². The molecule has 0 unspecified atom stereocenters. The van der Waals surface area contributed by atoms with Crippen LogP contribution in [0.5, 0.6) is 5.75 Å². The van der Waals surface area contributed by atoms with E-state index >= 15 is 0 Å². The third-order valence-electron chi connectivity index (χ3n) is 3.22. The highest BCUT2D eigenvalue weighted by Crippen LogP contribution is 2.19.